The third kappa shape index (κ3) is 4.83. The summed E-state index contributed by atoms with van der Waals surface area (Å²) in [5.41, 5.74) is 0.177. The summed E-state index contributed by atoms with van der Waals surface area (Å²) >= 11 is 12.0. The number of hydrogen-bond acceptors (Lipinski definition) is 5. The minimum atomic E-state index is -4.68. The van der Waals surface area contributed by atoms with E-state index < -0.39 is 42.1 Å². The average Bonchev–Trinajstić information content (AvgIpc) is 3.16. The van der Waals surface area contributed by atoms with Gasteiger partial charge in [-0.2, -0.15) is 18.3 Å². The predicted octanol–water partition coefficient (Wildman–Crippen LogP) is 6.26. The number of amides is 1. The number of carbonyl (C=O) groups excluding carboxylic acids is 1. The lowest BCUT2D eigenvalue weighted by molar-refractivity contribution is -0.173. The number of anilines is 2. The van der Waals surface area contributed by atoms with E-state index >= 15 is 0 Å². The molecule has 0 saturated carbocycles. The van der Waals surface area contributed by atoms with Crippen molar-refractivity contribution in [2.24, 2.45) is 0 Å². The Morgan fingerprint density at radius 3 is 2.49 bits per heavy atom. The molecule has 0 spiro atoms. The molecule has 35 heavy (non-hydrogen) atoms. The number of alkyl halides is 3. The Labute approximate surface area is 206 Å². The molecule has 1 amide bonds. The van der Waals surface area contributed by atoms with Crippen molar-refractivity contribution in [2.75, 3.05) is 24.9 Å². The lowest BCUT2D eigenvalue weighted by Gasteiger charge is -2.33. The van der Waals surface area contributed by atoms with Gasteiger partial charge in [-0.25, -0.2) is 9.07 Å². The summed E-state index contributed by atoms with van der Waals surface area (Å²) in [6.45, 7) is 0. The quantitative estimate of drug-likeness (QED) is 0.379. The molecule has 1 aromatic heterocycles. The summed E-state index contributed by atoms with van der Waals surface area (Å²) < 4.78 is 66.5. The van der Waals surface area contributed by atoms with Crippen LogP contribution < -0.4 is 20.1 Å². The first-order valence-electron chi connectivity index (χ1n) is 10.1. The van der Waals surface area contributed by atoms with E-state index in [4.69, 9.17) is 32.7 Å². The molecule has 3 aromatic rings. The summed E-state index contributed by atoms with van der Waals surface area (Å²) in [5.74, 6) is -0.980. The Kier molecular flexibility index (Phi) is 6.74. The van der Waals surface area contributed by atoms with Gasteiger partial charge in [0, 0.05) is 12.1 Å². The number of nitrogens with zero attached hydrogens (tertiary/aromatic N) is 2. The molecule has 186 valence electrons. The van der Waals surface area contributed by atoms with Gasteiger partial charge in [0.15, 0.2) is 23.2 Å². The Morgan fingerprint density at radius 1 is 1.14 bits per heavy atom. The van der Waals surface area contributed by atoms with Crippen molar-refractivity contribution in [1.82, 2.24) is 9.78 Å². The highest BCUT2D eigenvalue weighted by Gasteiger charge is 2.48. The lowest BCUT2D eigenvalue weighted by atomic mass is 9.96. The third-order valence-electron chi connectivity index (χ3n) is 5.50. The topological polar surface area (TPSA) is 77.4 Å². The molecular weight excluding hydrogens is 515 g/mol. The van der Waals surface area contributed by atoms with E-state index in [1.165, 1.54) is 20.3 Å². The zero-order valence-electron chi connectivity index (χ0n) is 18.2. The fourth-order valence-electron chi connectivity index (χ4n) is 3.79. The fraction of sp³-hybridized carbons (Fsp3) is 0.273. The van der Waals surface area contributed by atoms with Crippen molar-refractivity contribution in [3.63, 3.8) is 0 Å². The molecule has 1 aliphatic rings. The summed E-state index contributed by atoms with van der Waals surface area (Å²) in [6, 6.07) is 5.31. The van der Waals surface area contributed by atoms with Crippen LogP contribution in [0.5, 0.6) is 11.5 Å². The van der Waals surface area contributed by atoms with Gasteiger partial charge >= 0.3 is 6.18 Å². The van der Waals surface area contributed by atoms with E-state index in [1.54, 1.807) is 18.2 Å². The summed E-state index contributed by atoms with van der Waals surface area (Å²) in [6.07, 6.45) is -5.10. The van der Waals surface area contributed by atoms with Crippen LogP contribution in [0.15, 0.2) is 36.4 Å². The predicted molar refractivity (Wildman–Crippen MR) is 122 cm³/mol. The van der Waals surface area contributed by atoms with Crippen LogP contribution >= 0.6 is 23.2 Å². The molecule has 0 bridgehead atoms. The van der Waals surface area contributed by atoms with E-state index in [9.17, 15) is 22.4 Å². The molecule has 7 nitrogen and oxygen atoms in total. The maximum atomic E-state index is 14.0. The first-order chi connectivity index (χ1) is 16.5. The van der Waals surface area contributed by atoms with Crippen LogP contribution in [-0.2, 0) is 0 Å². The Balaban J connectivity index is 1.70. The van der Waals surface area contributed by atoms with Gasteiger partial charge in [-0.3, -0.25) is 4.79 Å². The van der Waals surface area contributed by atoms with Crippen LogP contribution in [0.1, 0.15) is 34.6 Å². The van der Waals surface area contributed by atoms with Gasteiger partial charge in [-0.05, 0) is 35.9 Å². The lowest BCUT2D eigenvalue weighted by Crippen LogP contribution is -2.35. The molecule has 0 radical (unpaired) electrons. The number of hydrogen-bond donors (Lipinski definition) is 2. The smallest absolute Gasteiger partial charge is 0.410 e. The highest BCUT2D eigenvalue weighted by Crippen LogP contribution is 2.47. The largest absolute Gasteiger partial charge is 0.493 e. The van der Waals surface area contributed by atoms with Crippen molar-refractivity contribution >= 4 is 40.6 Å². The van der Waals surface area contributed by atoms with Gasteiger partial charge in [0.05, 0.1) is 25.3 Å². The highest BCUT2D eigenvalue weighted by atomic mass is 35.5. The highest BCUT2D eigenvalue weighted by molar-refractivity contribution is 6.36. The molecule has 0 fully saturated rings. The van der Waals surface area contributed by atoms with Crippen molar-refractivity contribution in [2.45, 2.75) is 24.7 Å². The number of rotatable bonds is 5. The van der Waals surface area contributed by atoms with E-state index in [0.717, 1.165) is 12.1 Å². The molecule has 13 heteroatoms. The van der Waals surface area contributed by atoms with Crippen molar-refractivity contribution < 1.29 is 31.8 Å². The molecule has 2 N–H and O–H groups in total. The molecule has 1 aliphatic heterocycles. The maximum Gasteiger partial charge on any atom is 0.410 e. The number of fused-ring (bicyclic) bond motifs is 1. The van der Waals surface area contributed by atoms with Crippen molar-refractivity contribution in [1.29, 1.82) is 0 Å². The van der Waals surface area contributed by atoms with E-state index in [-0.39, 0.29) is 21.6 Å². The maximum absolute atomic E-state index is 14.0. The number of benzene rings is 2. The van der Waals surface area contributed by atoms with E-state index in [2.05, 4.69) is 15.7 Å². The molecule has 0 saturated heterocycles. The number of halogens is 6. The normalized spacial score (nSPS) is 17.4. The minimum Gasteiger partial charge on any atom is -0.493 e. The third-order valence-corrected chi connectivity index (χ3v) is 6.15. The fourth-order valence-corrected chi connectivity index (χ4v) is 4.23. The molecule has 4 rings (SSSR count). The first kappa shape index (κ1) is 24.9. The van der Waals surface area contributed by atoms with Crippen LogP contribution in [0, 0.1) is 5.82 Å². The van der Waals surface area contributed by atoms with Crippen LogP contribution in [0.25, 0.3) is 0 Å². The number of aromatic nitrogens is 2. The Bertz CT molecular complexity index is 1280. The van der Waals surface area contributed by atoms with Gasteiger partial charge in [0.1, 0.15) is 16.7 Å². The molecule has 0 unspecified atom stereocenters. The average molecular weight is 533 g/mol. The standard InChI is InChI=1S/C22H18Cl2F4N4O3/c1-34-15-6-3-10(7-16(15)35-2)14-9-17(22(26,27)28)32-20(30-14)18(24)19(31-32)21(33)29-11-4-5-13(25)12(23)8-11/h3-8,14,17,30H,9H2,1-2H3,(H,29,33)/t14-,17+/m0/s1. The van der Waals surface area contributed by atoms with Crippen LogP contribution in [0.4, 0.5) is 29.1 Å². The summed E-state index contributed by atoms with van der Waals surface area (Å²) in [5, 5.41) is 8.68. The van der Waals surface area contributed by atoms with Crippen molar-refractivity contribution in [3.05, 3.63) is 63.5 Å². The number of ether oxygens (including phenoxy) is 2. The van der Waals surface area contributed by atoms with Crippen LogP contribution in [0.3, 0.4) is 0 Å². The number of nitrogens with one attached hydrogen (secondary N) is 2. The monoisotopic (exact) mass is 532 g/mol. The number of methoxy groups -OCH3 is 2. The Morgan fingerprint density at radius 2 is 1.86 bits per heavy atom. The second kappa shape index (κ2) is 9.46. The molecular formula is C22H18Cl2F4N4O3. The molecule has 0 aliphatic carbocycles. The SMILES string of the molecule is COc1ccc([C@@H]2C[C@H](C(F)(F)F)n3nc(C(=O)Nc4ccc(F)c(Cl)c4)c(Cl)c3N2)cc1OC. The first-order valence-corrected chi connectivity index (χ1v) is 10.9. The second-order valence-electron chi connectivity index (χ2n) is 7.64. The van der Waals surface area contributed by atoms with Gasteiger partial charge in [0.25, 0.3) is 5.91 Å². The minimum absolute atomic E-state index is 0.118. The zero-order chi connectivity index (χ0) is 25.5. The summed E-state index contributed by atoms with van der Waals surface area (Å²) in [7, 11) is 2.86. The second-order valence-corrected chi connectivity index (χ2v) is 8.43. The van der Waals surface area contributed by atoms with Gasteiger partial charge in [0.2, 0.25) is 0 Å². The molecule has 2 heterocycles. The summed E-state index contributed by atoms with van der Waals surface area (Å²) in [4.78, 5) is 12.8. The molecule has 2 atom stereocenters. The van der Waals surface area contributed by atoms with Gasteiger partial charge in [-0.1, -0.05) is 29.3 Å². The van der Waals surface area contributed by atoms with Crippen LogP contribution in [0.2, 0.25) is 10.0 Å². The van der Waals surface area contributed by atoms with Crippen LogP contribution in [-0.4, -0.2) is 36.1 Å². The van der Waals surface area contributed by atoms with Crippen molar-refractivity contribution in [3.8, 4) is 11.5 Å². The van der Waals surface area contributed by atoms with E-state index in [0.29, 0.717) is 21.7 Å². The van der Waals surface area contributed by atoms with E-state index in [1.807, 2.05) is 0 Å². The number of carbonyl (C=O) groups is 1. The van der Waals surface area contributed by atoms with Gasteiger partial charge < -0.3 is 20.1 Å². The van der Waals surface area contributed by atoms with Gasteiger partial charge in [-0.15, -0.1) is 0 Å². The Hall–Kier alpha value is -3.18. The zero-order valence-corrected chi connectivity index (χ0v) is 19.7. The molecule has 2 aromatic carbocycles.